The lowest BCUT2D eigenvalue weighted by Crippen LogP contribution is -3.13. The van der Waals surface area contributed by atoms with Gasteiger partial charge in [0.1, 0.15) is 6.54 Å². The van der Waals surface area contributed by atoms with Crippen LogP contribution in [0.5, 0.6) is 11.5 Å². The Morgan fingerprint density at radius 2 is 2.00 bits per heavy atom. The SMILES string of the molecule is CC(C)CNC(=S)N1CC[NH+](Cc2ccc3c(c2)OCO3)CC1. The van der Waals surface area contributed by atoms with E-state index >= 15 is 0 Å². The molecular formula is C17H26N3O2S+. The number of benzene rings is 1. The Morgan fingerprint density at radius 1 is 1.26 bits per heavy atom. The molecule has 2 aliphatic heterocycles. The molecule has 0 unspecified atom stereocenters. The van der Waals surface area contributed by atoms with Gasteiger partial charge in [0.2, 0.25) is 6.79 Å². The summed E-state index contributed by atoms with van der Waals surface area (Å²) < 4.78 is 10.8. The van der Waals surface area contributed by atoms with Crippen LogP contribution in [0.15, 0.2) is 18.2 Å². The molecule has 1 fully saturated rings. The van der Waals surface area contributed by atoms with Gasteiger partial charge in [0, 0.05) is 12.1 Å². The summed E-state index contributed by atoms with van der Waals surface area (Å²) in [4.78, 5) is 3.88. The second-order valence-corrected chi connectivity index (χ2v) is 7.07. The van der Waals surface area contributed by atoms with E-state index in [9.17, 15) is 0 Å². The number of quaternary nitrogens is 1. The average Bonchev–Trinajstić information content (AvgIpc) is 3.01. The van der Waals surface area contributed by atoms with Crippen molar-refractivity contribution in [2.45, 2.75) is 20.4 Å². The second-order valence-electron chi connectivity index (χ2n) is 6.68. The number of hydrogen-bond donors (Lipinski definition) is 2. The van der Waals surface area contributed by atoms with Crippen molar-refractivity contribution < 1.29 is 14.4 Å². The number of thiocarbonyl (C=S) groups is 1. The summed E-state index contributed by atoms with van der Waals surface area (Å²) in [6.45, 7) is 11.0. The summed E-state index contributed by atoms with van der Waals surface area (Å²) in [6, 6.07) is 6.26. The first-order chi connectivity index (χ1) is 11.1. The van der Waals surface area contributed by atoms with E-state index in [-0.39, 0.29) is 0 Å². The summed E-state index contributed by atoms with van der Waals surface area (Å²) in [5.41, 5.74) is 1.30. The van der Waals surface area contributed by atoms with Gasteiger partial charge in [0.25, 0.3) is 0 Å². The van der Waals surface area contributed by atoms with E-state index in [1.54, 1.807) is 4.90 Å². The number of fused-ring (bicyclic) bond motifs is 1. The van der Waals surface area contributed by atoms with Gasteiger partial charge >= 0.3 is 0 Å². The van der Waals surface area contributed by atoms with Crippen LogP contribution >= 0.6 is 12.2 Å². The molecule has 1 aromatic carbocycles. The van der Waals surface area contributed by atoms with E-state index in [1.165, 1.54) is 5.56 Å². The van der Waals surface area contributed by atoms with Crippen LogP contribution in [0, 0.1) is 5.92 Å². The third kappa shape index (κ3) is 4.26. The van der Waals surface area contributed by atoms with Crippen molar-refractivity contribution in [2.75, 3.05) is 39.5 Å². The van der Waals surface area contributed by atoms with Crippen LogP contribution in [-0.2, 0) is 6.54 Å². The predicted molar refractivity (Wildman–Crippen MR) is 94.0 cm³/mol. The van der Waals surface area contributed by atoms with Crippen LogP contribution < -0.4 is 19.7 Å². The largest absolute Gasteiger partial charge is 0.454 e. The fourth-order valence-corrected chi connectivity index (χ4v) is 3.21. The maximum Gasteiger partial charge on any atom is 0.231 e. The minimum absolute atomic E-state index is 0.338. The molecule has 3 rings (SSSR count). The third-order valence-electron chi connectivity index (χ3n) is 4.31. The van der Waals surface area contributed by atoms with Crippen molar-refractivity contribution in [3.05, 3.63) is 23.8 Å². The van der Waals surface area contributed by atoms with E-state index < -0.39 is 0 Å². The maximum absolute atomic E-state index is 5.49. The summed E-state index contributed by atoms with van der Waals surface area (Å²) >= 11 is 5.49. The van der Waals surface area contributed by atoms with E-state index in [2.05, 4.69) is 36.2 Å². The summed E-state index contributed by atoms with van der Waals surface area (Å²) in [7, 11) is 0. The molecule has 0 aliphatic carbocycles. The normalized spacial score (nSPS) is 17.6. The van der Waals surface area contributed by atoms with Gasteiger partial charge in [-0.25, -0.2) is 0 Å². The van der Waals surface area contributed by atoms with Gasteiger partial charge in [-0.3, -0.25) is 0 Å². The van der Waals surface area contributed by atoms with Gasteiger partial charge in [-0.1, -0.05) is 13.8 Å². The molecule has 5 nitrogen and oxygen atoms in total. The first kappa shape index (κ1) is 16.3. The number of ether oxygens (including phenoxy) is 2. The second kappa shape index (κ2) is 7.36. The van der Waals surface area contributed by atoms with Gasteiger partial charge in [-0.05, 0) is 36.3 Å². The Balaban J connectivity index is 1.47. The van der Waals surface area contributed by atoms with Crippen molar-refractivity contribution in [1.29, 1.82) is 0 Å². The highest BCUT2D eigenvalue weighted by atomic mass is 32.1. The number of piperazine rings is 1. The topological polar surface area (TPSA) is 38.2 Å². The lowest BCUT2D eigenvalue weighted by atomic mass is 10.1. The Bertz CT molecular complexity index is 557. The van der Waals surface area contributed by atoms with Crippen molar-refractivity contribution in [3.63, 3.8) is 0 Å². The van der Waals surface area contributed by atoms with E-state index in [1.807, 2.05) is 6.07 Å². The summed E-state index contributed by atoms with van der Waals surface area (Å²) in [5, 5.41) is 4.27. The number of nitrogens with one attached hydrogen (secondary N) is 2. The van der Waals surface area contributed by atoms with Crippen LogP contribution in [0.2, 0.25) is 0 Å². The number of rotatable bonds is 4. The van der Waals surface area contributed by atoms with Crippen LogP contribution in [0.1, 0.15) is 19.4 Å². The monoisotopic (exact) mass is 336 g/mol. The minimum atomic E-state index is 0.338. The lowest BCUT2D eigenvalue weighted by Gasteiger charge is -2.34. The summed E-state index contributed by atoms with van der Waals surface area (Å²) in [5.74, 6) is 2.35. The first-order valence-corrected chi connectivity index (χ1v) is 8.77. The van der Waals surface area contributed by atoms with Crippen LogP contribution in [0.3, 0.4) is 0 Å². The summed E-state index contributed by atoms with van der Waals surface area (Å²) in [6.07, 6.45) is 0. The van der Waals surface area contributed by atoms with Gasteiger partial charge < -0.3 is 24.6 Å². The minimum Gasteiger partial charge on any atom is -0.454 e. The first-order valence-electron chi connectivity index (χ1n) is 8.36. The molecule has 126 valence electrons. The Labute approximate surface area is 143 Å². The van der Waals surface area contributed by atoms with Gasteiger partial charge in [-0.2, -0.15) is 0 Å². The third-order valence-corrected chi connectivity index (χ3v) is 4.71. The van der Waals surface area contributed by atoms with Crippen LogP contribution in [0.25, 0.3) is 0 Å². The molecule has 0 spiro atoms. The van der Waals surface area contributed by atoms with E-state index in [0.29, 0.717) is 12.7 Å². The Hall–Kier alpha value is -1.53. The number of hydrogen-bond acceptors (Lipinski definition) is 3. The molecule has 1 aromatic rings. The fraction of sp³-hybridized carbons (Fsp3) is 0.588. The average molecular weight is 336 g/mol. The maximum atomic E-state index is 5.49. The molecule has 23 heavy (non-hydrogen) atoms. The molecule has 2 aliphatic rings. The van der Waals surface area contributed by atoms with E-state index in [4.69, 9.17) is 21.7 Å². The molecule has 0 bridgehead atoms. The Kier molecular flexibility index (Phi) is 5.23. The van der Waals surface area contributed by atoms with Gasteiger partial charge in [0.05, 0.1) is 26.2 Å². The molecule has 1 saturated heterocycles. The highest BCUT2D eigenvalue weighted by Gasteiger charge is 2.22. The smallest absolute Gasteiger partial charge is 0.231 e. The molecule has 0 saturated carbocycles. The van der Waals surface area contributed by atoms with Crippen molar-refractivity contribution in [3.8, 4) is 11.5 Å². The molecule has 0 amide bonds. The standard InChI is InChI=1S/C17H25N3O2S/c1-13(2)10-18-17(23)20-7-5-19(6-8-20)11-14-3-4-15-16(9-14)22-12-21-15/h3-4,9,13H,5-8,10-12H2,1-2H3,(H,18,23)/p+1. The Morgan fingerprint density at radius 3 is 2.74 bits per heavy atom. The quantitative estimate of drug-likeness (QED) is 0.790. The van der Waals surface area contributed by atoms with Gasteiger partial charge in [0.15, 0.2) is 16.6 Å². The lowest BCUT2D eigenvalue weighted by molar-refractivity contribution is -0.917. The molecule has 0 aromatic heterocycles. The fourth-order valence-electron chi connectivity index (χ4n) is 2.95. The zero-order chi connectivity index (χ0) is 16.2. The molecular weight excluding hydrogens is 310 g/mol. The van der Waals surface area contributed by atoms with Crippen molar-refractivity contribution in [1.82, 2.24) is 10.2 Å². The number of nitrogens with zero attached hydrogens (tertiary/aromatic N) is 1. The van der Waals surface area contributed by atoms with Crippen molar-refractivity contribution >= 4 is 17.3 Å². The van der Waals surface area contributed by atoms with Crippen LogP contribution in [0.4, 0.5) is 0 Å². The molecule has 2 N–H and O–H groups in total. The van der Waals surface area contributed by atoms with Crippen LogP contribution in [-0.4, -0.2) is 49.5 Å². The highest BCUT2D eigenvalue weighted by Crippen LogP contribution is 2.32. The van der Waals surface area contributed by atoms with Crippen molar-refractivity contribution in [2.24, 2.45) is 5.92 Å². The molecule has 2 heterocycles. The van der Waals surface area contributed by atoms with E-state index in [0.717, 1.165) is 55.9 Å². The zero-order valence-electron chi connectivity index (χ0n) is 13.9. The molecule has 0 radical (unpaired) electrons. The molecule has 6 heteroatoms. The van der Waals surface area contributed by atoms with Gasteiger partial charge in [-0.15, -0.1) is 0 Å². The predicted octanol–water partition coefficient (Wildman–Crippen LogP) is 0.646. The highest BCUT2D eigenvalue weighted by molar-refractivity contribution is 7.80. The zero-order valence-corrected chi connectivity index (χ0v) is 14.7. The molecule has 0 atom stereocenters.